The smallest absolute Gasteiger partial charge is 0.253 e. The van der Waals surface area contributed by atoms with Crippen LogP contribution in [-0.2, 0) is 6.54 Å². The van der Waals surface area contributed by atoms with E-state index in [0.29, 0.717) is 66.8 Å². The van der Waals surface area contributed by atoms with E-state index in [1.54, 1.807) is 39.8 Å². The van der Waals surface area contributed by atoms with Crippen LogP contribution in [0.5, 0.6) is 28.7 Å². The molecule has 0 aliphatic rings. The number of carbonyl (C=O) groups is 2. The number of benzene rings is 4. The lowest BCUT2D eigenvalue weighted by molar-refractivity contribution is 0.0939. The summed E-state index contributed by atoms with van der Waals surface area (Å²) in [5.41, 5.74) is 4.47. The second kappa shape index (κ2) is 22.6. The van der Waals surface area contributed by atoms with Crippen LogP contribution in [0.1, 0.15) is 38.9 Å². The van der Waals surface area contributed by atoms with Crippen LogP contribution in [-0.4, -0.2) is 76.0 Å². The first kappa shape index (κ1) is 43.1. The summed E-state index contributed by atoms with van der Waals surface area (Å²) in [5.74, 6) is 3.37. The van der Waals surface area contributed by atoms with Crippen molar-refractivity contribution in [1.82, 2.24) is 20.6 Å². The van der Waals surface area contributed by atoms with Crippen molar-refractivity contribution in [3.8, 4) is 39.9 Å². The molecule has 6 aromatic rings. The van der Waals surface area contributed by atoms with Crippen LogP contribution in [0.3, 0.4) is 0 Å². The standard InChI is InChI=1S/C32H35N3O5.C15H16N2O2/c1-5-35(22-23-12-8-6-9-13-23)30-20-26(24-18-28(37-2)31(39-4)29(19-24)38-3)27(21-34-30)32(36)33-16-17-40-25-14-10-7-11-15-25;1-12-7-8-13(11-17-12)15(18)16-9-10-19-14-5-3-2-4-6-14/h6-15,18-21H,5,16-17,22H2,1-4H3,(H,33,36);2-8,11H,9-10H2,1H3,(H,16,18). The van der Waals surface area contributed by atoms with E-state index in [9.17, 15) is 9.59 Å². The fraction of sp³-hybridized carbons (Fsp3) is 0.234. The van der Waals surface area contributed by atoms with E-state index < -0.39 is 0 Å². The van der Waals surface area contributed by atoms with Gasteiger partial charge in [0.1, 0.15) is 30.5 Å². The lowest BCUT2D eigenvalue weighted by atomic mass is 9.99. The van der Waals surface area contributed by atoms with E-state index >= 15 is 0 Å². The molecule has 4 aromatic carbocycles. The maximum absolute atomic E-state index is 13.4. The number of nitrogens with zero attached hydrogens (tertiary/aromatic N) is 3. The molecule has 59 heavy (non-hydrogen) atoms. The molecule has 306 valence electrons. The molecule has 12 nitrogen and oxygen atoms in total. The Morgan fingerprint density at radius 2 is 1.20 bits per heavy atom. The van der Waals surface area contributed by atoms with E-state index in [1.165, 1.54) is 5.56 Å². The molecule has 2 N–H and O–H groups in total. The van der Waals surface area contributed by atoms with E-state index in [4.69, 9.17) is 28.7 Å². The van der Waals surface area contributed by atoms with Gasteiger partial charge in [-0.15, -0.1) is 0 Å². The number of carbonyl (C=O) groups excluding carboxylic acids is 2. The minimum absolute atomic E-state index is 0.135. The van der Waals surface area contributed by atoms with Gasteiger partial charge in [-0.2, -0.15) is 0 Å². The number of aryl methyl sites for hydroxylation is 1. The molecule has 0 atom stereocenters. The fourth-order valence-corrected chi connectivity index (χ4v) is 5.93. The number of pyridine rings is 2. The van der Waals surface area contributed by atoms with Crippen LogP contribution < -0.4 is 39.2 Å². The Bertz CT molecular complexity index is 2180. The number of rotatable bonds is 18. The van der Waals surface area contributed by atoms with Gasteiger partial charge in [0.15, 0.2) is 11.5 Å². The summed E-state index contributed by atoms with van der Waals surface area (Å²) < 4.78 is 27.9. The number of para-hydroxylation sites is 2. The van der Waals surface area contributed by atoms with Crippen LogP contribution in [0.4, 0.5) is 5.82 Å². The van der Waals surface area contributed by atoms with Crippen molar-refractivity contribution >= 4 is 17.6 Å². The van der Waals surface area contributed by atoms with Gasteiger partial charge in [0.25, 0.3) is 11.8 Å². The van der Waals surface area contributed by atoms with Crippen LogP contribution in [0, 0.1) is 6.92 Å². The van der Waals surface area contributed by atoms with Gasteiger partial charge in [-0.25, -0.2) is 4.98 Å². The molecular formula is C47H51N5O7. The molecule has 12 heteroatoms. The number of anilines is 1. The monoisotopic (exact) mass is 797 g/mol. The lowest BCUT2D eigenvalue weighted by Gasteiger charge is -2.24. The zero-order valence-electron chi connectivity index (χ0n) is 34.1. The summed E-state index contributed by atoms with van der Waals surface area (Å²) in [6.07, 6.45) is 3.19. The molecule has 0 bridgehead atoms. The lowest BCUT2D eigenvalue weighted by Crippen LogP contribution is -2.29. The molecule has 2 heterocycles. The van der Waals surface area contributed by atoms with Gasteiger partial charge in [0.05, 0.1) is 45.5 Å². The molecular weight excluding hydrogens is 747 g/mol. The van der Waals surface area contributed by atoms with Gasteiger partial charge in [-0.1, -0.05) is 66.7 Å². The van der Waals surface area contributed by atoms with Crippen molar-refractivity contribution < 1.29 is 33.3 Å². The third-order valence-corrected chi connectivity index (χ3v) is 9.00. The predicted octanol–water partition coefficient (Wildman–Crippen LogP) is 7.81. The van der Waals surface area contributed by atoms with Gasteiger partial charge < -0.3 is 39.2 Å². The first-order chi connectivity index (χ1) is 28.8. The molecule has 0 spiro atoms. The highest BCUT2D eigenvalue weighted by Crippen LogP contribution is 2.42. The first-order valence-electron chi connectivity index (χ1n) is 19.3. The minimum Gasteiger partial charge on any atom is -0.493 e. The summed E-state index contributed by atoms with van der Waals surface area (Å²) in [6.45, 7) is 6.95. The summed E-state index contributed by atoms with van der Waals surface area (Å²) >= 11 is 0. The maximum atomic E-state index is 13.4. The number of ether oxygens (including phenoxy) is 5. The van der Waals surface area contributed by atoms with Gasteiger partial charge >= 0.3 is 0 Å². The van der Waals surface area contributed by atoms with E-state index in [0.717, 1.165) is 35.1 Å². The number of nitrogens with one attached hydrogen (secondary N) is 2. The summed E-state index contributed by atoms with van der Waals surface area (Å²) in [6, 6.07) is 38.4. The quantitative estimate of drug-likeness (QED) is 0.0830. The normalized spacial score (nSPS) is 10.3. The summed E-state index contributed by atoms with van der Waals surface area (Å²) in [5, 5.41) is 5.74. The van der Waals surface area contributed by atoms with Gasteiger partial charge in [-0.3, -0.25) is 14.6 Å². The zero-order chi connectivity index (χ0) is 41.8. The Hall–Kier alpha value is -7.08. The van der Waals surface area contributed by atoms with Gasteiger partial charge in [0, 0.05) is 31.2 Å². The Labute approximate surface area is 346 Å². The van der Waals surface area contributed by atoms with Crippen molar-refractivity contribution in [1.29, 1.82) is 0 Å². The molecule has 2 amide bonds. The van der Waals surface area contributed by atoms with Crippen LogP contribution in [0.25, 0.3) is 11.1 Å². The predicted molar refractivity (Wildman–Crippen MR) is 230 cm³/mol. The number of aromatic nitrogens is 2. The summed E-state index contributed by atoms with van der Waals surface area (Å²) in [4.78, 5) is 36.1. The van der Waals surface area contributed by atoms with Crippen molar-refractivity contribution in [3.63, 3.8) is 0 Å². The summed E-state index contributed by atoms with van der Waals surface area (Å²) in [7, 11) is 4.69. The SMILES string of the molecule is CCN(Cc1ccccc1)c1cc(-c2cc(OC)c(OC)c(OC)c2)c(C(=O)NCCOc2ccccc2)cn1.Cc1ccc(C(=O)NCCOc2ccccc2)cn1. The molecule has 0 unspecified atom stereocenters. The highest BCUT2D eigenvalue weighted by molar-refractivity contribution is 6.01. The van der Waals surface area contributed by atoms with E-state index in [-0.39, 0.29) is 11.8 Å². The van der Waals surface area contributed by atoms with E-state index in [1.807, 2.05) is 110 Å². The highest BCUT2D eigenvalue weighted by atomic mass is 16.5. The van der Waals surface area contributed by atoms with Crippen LogP contribution in [0.2, 0.25) is 0 Å². The topological polar surface area (TPSA) is 133 Å². The Morgan fingerprint density at radius 3 is 1.71 bits per heavy atom. The molecule has 0 saturated heterocycles. The Balaban J connectivity index is 0.000000290. The molecule has 0 aliphatic heterocycles. The number of amides is 2. The molecule has 0 radical (unpaired) electrons. The van der Waals surface area contributed by atoms with Crippen molar-refractivity contribution in [2.75, 3.05) is 59.1 Å². The molecule has 0 fully saturated rings. The molecule has 0 saturated carbocycles. The Kier molecular flexibility index (Phi) is 16.5. The fourth-order valence-electron chi connectivity index (χ4n) is 5.93. The second-order valence-electron chi connectivity index (χ2n) is 13.0. The van der Waals surface area contributed by atoms with Crippen molar-refractivity contribution in [2.45, 2.75) is 20.4 Å². The van der Waals surface area contributed by atoms with Gasteiger partial charge in [0.2, 0.25) is 5.75 Å². The third-order valence-electron chi connectivity index (χ3n) is 9.00. The minimum atomic E-state index is -0.259. The molecule has 2 aromatic heterocycles. The average molecular weight is 798 g/mol. The molecule has 6 rings (SSSR count). The van der Waals surface area contributed by atoms with Crippen LogP contribution in [0.15, 0.2) is 134 Å². The van der Waals surface area contributed by atoms with Gasteiger partial charge in [-0.05, 0) is 85.1 Å². The maximum Gasteiger partial charge on any atom is 0.253 e. The number of hydrogen-bond donors (Lipinski definition) is 2. The van der Waals surface area contributed by atoms with Crippen LogP contribution >= 0.6 is 0 Å². The van der Waals surface area contributed by atoms with E-state index in [2.05, 4.69) is 39.6 Å². The largest absolute Gasteiger partial charge is 0.493 e. The number of hydrogen-bond acceptors (Lipinski definition) is 10. The molecule has 0 aliphatic carbocycles. The van der Waals surface area contributed by atoms with Crippen molar-refractivity contribution in [2.24, 2.45) is 0 Å². The zero-order valence-corrected chi connectivity index (χ0v) is 34.1. The highest BCUT2D eigenvalue weighted by Gasteiger charge is 2.21. The third kappa shape index (κ3) is 12.7. The number of methoxy groups -OCH3 is 3. The second-order valence-corrected chi connectivity index (χ2v) is 13.0. The first-order valence-corrected chi connectivity index (χ1v) is 19.3. The Morgan fingerprint density at radius 1 is 0.644 bits per heavy atom. The van der Waals surface area contributed by atoms with Crippen molar-refractivity contribution in [3.05, 3.63) is 156 Å². The average Bonchev–Trinajstić information content (AvgIpc) is 3.29.